The van der Waals surface area contributed by atoms with Gasteiger partial charge in [0.05, 0.1) is 5.02 Å². The monoisotopic (exact) mass is 327 g/mol. The minimum Gasteiger partial charge on any atom is -0.506 e. The van der Waals surface area contributed by atoms with E-state index in [4.69, 9.17) is 11.6 Å². The maximum absolute atomic E-state index is 10.2. The van der Waals surface area contributed by atoms with Crippen LogP contribution in [-0.2, 0) is 12.8 Å². The van der Waals surface area contributed by atoms with Crippen molar-refractivity contribution in [3.8, 4) is 5.75 Å². The second-order valence-electron chi connectivity index (χ2n) is 7.02. The molecule has 0 radical (unpaired) electrons. The van der Waals surface area contributed by atoms with Crippen LogP contribution in [-0.4, -0.2) is 29.6 Å². The van der Waals surface area contributed by atoms with E-state index in [2.05, 4.69) is 37.1 Å². The van der Waals surface area contributed by atoms with E-state index in [0.717, 1.165) is 19.4 Å². The maximum atomic E-state index is 10.2. The average Bonchev–Trinajstić information content (AvgIpc) is 2.66. The van der Waals surface area contributed by atoms with Crippen molar-refractivity contribution in [3.63, 3.8) is 0 Å². The van der Waals surface area contributed by atoms with Gasteiger partial charge in [0.25, 0.3) is 0 Å². The van der Waals surface area contributed by atoms with Crippen molar-refractivity contribution in [2.45, 2.75) is 38.1 Å². The highest BCUT2D eigenvalue weighted by Crippen LogP contribution is 2.44. The van der Waals surface area contributed by atoms with Gasteiger partial charge in [-0.1, -0.05) is 35.4 Å². The molecule has 0 saturated heterocycles. The van der Waals surface area contributed by atoms with Crippen LogP contribution in [0.4, 0.5) is 0 Å². The summed E-state index contributed by atoms with van der Waals surface area (Å²) < 4.78 is 0. The Morgan fingerprint density at radius 1 is 1.09 bits per heavy atom. The highest BCUT2D eigenvalue weighted by molar-refractivity contribution is 6.32. The number of aryl methyl sites for hydroxylation is 2. The number of benzene rings is 2. The summed E-state index contributed by atoms with van der Waals surface area (Å²) in [4.78, 5) is 2.49. The third kappa shape index (κ3) is 2.45. The molecule has 0 spiro atoms. The number of phenolic OH excluding ortho intramolecular Hbond substituents is 1. The number of rotatable bonds is 0. The summed E-state index contributed by atoms with van der Waals surface area (Å²) in [5.41, 5.74) is 6.72. The lowest BCUT2D eigenvalue weighted by atomic mass is 9.74. The lowest BCUT2D eigenvalue weighted by Gasteiger charge is -2.38. The molecule has 2 nitrogen and oxygen atoms in total. The van der Waals surface area contributed by atoms with E-state index in [0.29, 0.717) is 17.0 Å². The third-order valence-corrected chi connectivity index (χ3v) is 5.88. The van der Waals surface area contributed by atoms with Crippen LogP contribution in [0.5, 0.6) is 5.75 Å². The summed E-state index contributed by atoms with van der Waals surface area (Å²) in [6.45, 7) is 3.20. The fraction of sp³-hybridized carbons (Fsp3) is 0.400. The quantitative estimate of drug-likeness (QED) is 0.780. The Labute approximate surface area is 142 Å². The van der Waals surface area contributed by atoms with E-state index in [9.17, 15) is 5.11 Å². The van der Waals surface area contributed by atoms with Gasteiger partial charge in [-0.3, -0.25) is 0 Å². The second-order valence-corrected chi connectivity index (χ2v) is 7.43. The summed E-state index contributed by atoms with van der Waals surface area (Å²) in [6.07, 6.45) is 3.29. The molecule has 2 aromatic rings. The van der Waals surface area contributed by atoms with E-state index < -0.39 is 0 Å². The number of phenols is 1. The van der Waals surface area contributed by atoms with Gasteiger partial charge < -0.3 is 10.0 Å². The zero-order valence-electron chi connectivity index (χ0n) is 13.6. The summed E-state index contributed by atoms with van der Waals surface area (Å²) in [5.74, 6) is 0.526. The van der Waals surface area contributed by atoms with E-state index in [-0.39, 0.29) is 5.75 Å². The predicted octanol–water partition coefficient (Wildman–Crippen LogP) is 4.29. The molecule has 0 unspecified atom stereocenters. The Balaban J connectivity index is 1.95. The van der Waals surface area contributed by atoms with Crippen LogP contribution < -0.4 is 0 Å². The summed E-state index contributed by atoms with van der Waals surface area (Å²) >= 11 is 6.17. The van der Waals surface area contributed by atoms with Crippen molar-refractivity contribution < 1.29 is 5.11 Å². The standard InChI is InChI=1S/C20H22ClNO/c1-12-3-4-13-5-6-18-20(15(13)9-12)16-11-19(23)17(21)10-14(16)7-8-22(18)2/h3-4,9-11,18,20,23H,5-8H2,1-2H3/t18-,20+/m0/s1. The molecule has 1 aliphatic heterocycles. The van der Waals surface area contributed by atoms with Crippen LogP contribution in [0, 0.1) is 6.92 Å². The van der Waals surface area contributed by atoms with Crippen molar-refractivity contribution in [2.75, 3.05) is 13.6 Å². The summed E-state index contributed by atoms with van der Waals surface area (Å²) in [7, 11) is 2.23. The number of nitrogens with zero attached hydrogens (tertiary/aromatic N) is 1. The lowest BCUT2D eigenvalue weighted by molar-refractivity contribution is 0.214. The SMILES string of the molecule is Cc1ccc2c(c1)[C@@H]1c3cc(O)c(Cl)cc3CCN(C)[C@H]1CC2. The molecule has 120 valence electrons. The molecule has 0 amide bonds. The Morgan fingerprint density at radius 2 is 1.87 bits per heavy atom. The Morgan fingerprint density at radius 3 is 2.70 bits per heavy atom. The molecule has 0 fully saturated rings. The van der Waals surface area contributed by atoms with E-state index in [1.54, 1.807) is 0 Å². The molecule has 0 aromatic heterocycles. The van der Waals surface area contributed by atoms with Crippen molar-refractivity contribution in [1.29, 1.82) is 0 Å². The first-order valence-corrected chi connectivity index (χ1v) is 8.73. The van der Waals surface area contributed by atoms with E-state index in [1.807, 2.05) is 12.1 Å². The smallest absolute Gasteiger partial charge is 0.134 e. The molecule has 2 atom stereocenters. The molecular formula is C20H22ClNO. The molecule has 1 heterocycles. The highest BCUT2D eigenvalue weighted by atomic mass is 35.5. The molecule has 2 aromatic carbocycles. The van der Waals surface area contributed by atoms with Gasteiger partial charge >= 0.3 is 0 Å². The number of aromatic hydroxyl groups is 1. The first kappa shape index (κ1) is 15.0. The molecular weight excluding hydrogens is 306 g/mol. The summed E-state index contributed by atoms with van der Waals surface area (Å²) in [5, 5.41) is 10.6. The summed E-state index contributed by atoms with van der Waals surface area (Å²) in [6, 6.07) is 11.2. The Hall–Kier alpha value is -1.51. The topological polar surface area (TPSA) is 23.5 Å². The maximum Gasteiger partial charge on any atom is 0.134 e. The number of fused-ring (bicyclic) bond motifs is 5. The number of hydrogen-bond acceptors (Lipinski definition) is 2. The average molecular weight is 328 g/mol. The van der Waals surface area contributed by atoms with Gasteiger partial charge in [0.2, 0.25) is 0 Å². The number of hydrogen-bond donors (Lipinski definition) is 1. The van der Waals surface area contributed by atoms with Crippen molar-refractivity contribution in [1.82, 2.24) is 4.90 Å². The van der Waals surface area contributed by atoms with Gasteiger partial charge in [0.15, 0.2) is 0 Å². The molecule has 4 rings (SSSR count). The van der Waals surface area contributed by atoms with Gasteiger partial charge in [0.1, 0.15) is 5.75 Å². The van der Waals surface area contributed by atoms with Crippen LogP contribution in [0.15, 0.2) is 30.3 Å². The molecule has 2 aliphatic rings. The zero-order chi connectivity index (χ0) is 16.1. The Kier molecular flexibility index (Phi) is 3.62. The highest BCUT2D eigenvalue weighted by Gasteiger charge is 2.36. The van der Waals surface area contributed by atoms with Gasteiger partial charge in [-0.05, 0) is 67.6 Å². The molecule has 1 N–H and O–H groups in total. The fourth-order valence-electron chi connectivity index (χ4n) is 4.35. The van der Waals surface area contributed by atoms with Crippen molar-refractivity contribution >= 4 is 11.6 Å². The number of likely N-dealkylation sites (N-methyl/N-ethyl adjacent to an activating group) is 1. The minimum absolute atomic E-state index is 0.202. The largest absolute Gasteiger partial charge is 0.506 e. The van der Waals surface area contributed by atoms with Crippen LogP contribution in [0.25, 0.3) is 0 Å². The predicted molar refractivity (Wildman–Crippen MR) is 94.6 cm³/mol. The van der Waals surface area contributed by atoms with Gasteiger partial charge in [-0.2, -0.15) is 0 Å². The lowest BCUT2D eigenvalue weighted by Crippen LogP contribution is -2.39. The molecule has 0 saturated carbocycles. The van der Waals surface area contributed by atoms with E-state index >= 15 is 0 Å². The molecule has 3 heteroatoms. The number of halogens is 1. The van der Waals surface area contributed by atoms with E-state index in [1.165, 1.54) is 34.2 Å². The van der Waals surface area contributed by atoms with Crippen LogP contribution in [0.2, 0.25) is 5.02 Å². The van der Waals surface area contributed by atoms with Crippen molar-refractivity contribution in [3.05, 3.63) is 63.2 Å². The zero-order valence-corrected chi connectivity index (χ0v) is 14.4. The van der Waals surface area contributed by atoms with Crippen LogP contribution in [0.1, 0.15) is 40.2 Å². The fourth-order valence-corrected chi connectivity index (χ4v) is 4.53. The van der Waals surface area contributed by atoms with Crippen molar-refractivity contribution in [2.24, 2.45) is 0 Å². The third-order valence-electron chi connectivity index (χ3n) is 5.57. The van der Waals surface area contributed by atoms with Crippen LogP contribution >= 0.6 is 11.6 Å². The van der Waals surface area contributed by atoms with Gasteiger partial charge in [-0.25, -0.2) is 0 Å². The molecule has 1 aliphatic carbocycles. The first-order valence-electron chi connectivity index (χ1n) is 8.35. The minimum atomic E-state index is 0.202. The first-order chi connectivity index (χ1) is 11.0. The van der Waals surface area contributed by atoms with Gasteiger partial charge in [0, 0.05) is 18.5 Å². The van der Waals surface area contributed by atoms with Crippen LogP contribution in [0.3, 0.4) is 0 Å². The normalized spacial score (nSPS) is 23.6. The second kappa shape index (κ2) is 5.54. The Bertz CT molecular complexity index is 770. The molecule has 0 bridgehead atoms. The van der Waals surface area contributed by atoms with Gasteiger partial charge in [-0.15, -0.1) is 0 Å². The molecule has 23 heavy (non-hydrogen) atoms.